The van der Waals surface area contributed by atoms with Crippen molar-refractivity contribution < 1.29 is 59.7 Å². The van der Waals surface area contributed by atoms with E-state index >= 15 is 0 Å². The number of anilines is 3. The van der Waals surface area contributed by atoms with E-state index in [-0.39, 0.29) is 67.6 Å². The molecule has 1 aromatic heterocycles. The Balaban J connectivity index is 1.51. The number of fused-ring (bicyclic) bond motifs is 1. The SMILES string of the molecule is CC(=O)OCC(=O)N1CCN(c2ccc(C)c(-c3ccc4c(c3)N(C)S(O)(O)N4CC3CC3(F)F)[n+]2OC(=O)C(F)(F)F)CC1. The number of hydrogen-bond acceptors (Lipinski definition) is 10. The van der Waals surface area contributed by atoms with Crippen molar-refractivity contribution in [3.63, 3.8) is 0 Å². The number of halogens is 5. The third-order valence-electron chi connectivity index (χ3n) is 7.89. The van der Waals surface area contributed by atoms with Gasteiger partial charge in [-0.15, -0.1) is 0 Å². The van der Waals surface area contributed by atoms with E-state index in [0.717, 1.165) is 20.3 Å². The Bertz CT molecular complexity index is 1530. The summed E-state index contributed by atoms with van der Waals surface area (Å²) in [5.74, 6) is -7.47. The molecule has 2 fully saturated rings. The number of aromatic nitrogens is 1. The highest BCUT2D eigenvalue weighted by molar-refractivity contribution is 8.26. The van der Waals surface area contributed by atoms with Gasteiger partial charge in [0.25, 0.3) is 11.8 Å². The molecule has 5 rings (SSSR count). The van der Waals surface area contributed by atoms with Crippen molar-refractivity contribution in [3.8, 4) is 11.3 Å². The van der Waals surface area contributed by atoms with E-state index < -0.39 is 53.4 Å². The van der Waals surface area contributed by atoms with E-state index in [1.54, 1.807) is 17.9 Å². The highest BCUT2D eigenvalue weighted by Gasteiger charge is 2.59. The number of piperazine rings is 1. The number of rotatable bonds is 7. The summed E-state index contributed by atoms with van der Waals surface area (Å²) in [6.45, 7) is 2.50. The molecule has 1 unspecified atom stereocenters. The van der Waals surface area contributed by atoms with Crippen LogP contribution >= 0.6 is 11.0 Å². The molecule has 12 nitrogen and oxygen atoms in total. The lowest BCUT2D eigenvalue weighted by molar-refractivity contribution is -0.851. The molecule has 18 heteroatoms. The first-order valence-electron chi connectivity index (χ1n) is 13.7. The molecule has 246 valence electrons. The molecule has 0 bridgehead atoms. The van der Waals surface area contributed by atoms with Gasteiger partial charge in [0, 0.05) is 50.0 Å². The van der Waals surface area contributed by atoms with Crippen LogP contribution in [-0.2, 0) is 19.1 Å². The van der Waals surface area contributed by atoms with E-state index in [4.69, 9.17) is 9.57 Å². The third-order valence-corrected chi connectivity index (χ3v) is 9.76. The first kappa shape index (κ1) is 32.5. The van der Waals surface area contributed by atoms with Crippen molar-refractivity contribution in [1.29, 1.82) is 0 Å². The minimum Gasteiger partial charge on any atom is -0.456 e. The lowest BCUT2D eigenvalue weighted by Crippen LogP contribution is -2.58. The van der Waals surface area contributed by atoms with Gasteiger partial charge in [-0.2, -0.15) is 13.2 Å². The number of aryl methyl sites for hydroxylation is 1. The van der Waals surface area contributed by atoms with Crippen LogP contribution in [0.4, 0.5) is 39.1 Å². The molecule has 2 N–H and O–H groups in total. The molecule has 2 aliphatic heterocycles. The number of hydrogen-bond donors (Lipinski definition) is 2. The number of esters is 1. The lowest BCUT2D eigenvalue weighted by Gasteiger charge is -2.42. The summed E-state index contributed by atoms with van der Waals surface area (Å²) in [4.78, 5) is 43.6. The van der Waals surface area contributed by atoms with E-state index in [2.05, 4.69) is 0 Å². The van der Waals surface area contributed by atoms with Crippen molar-refractivity contribution in [1.82, 2.24) is 4.90 Å². The zero-order valence-electron chi connectivity index (χ0n) is 24.4. The van der Waals surface area contributed by atoms with Gasteiger partial charge in [0.05, 0.1) is 24.5 Å². The summed E-state index contributed by atoms with van der Waals surface area (Å²) in [5, 5.41) is 0. The van der Waals surface area contributed by atoms with Gasteiger partial charge in [0.2, 0.25) is 0 Å². The minimum atomic E-state index is -5.34. The molecular formula is C27H31F5N5O7S+. The summed E-state index contributed by atoms with van der Waals surface area (Å²) in [5.41, 5.74) is 1.13. The molecule has 1 aliphatic carbocycles. The molecular weight excluding hydrogens is 633 g/mol. The number of carbonyl (C=O) groups excluding carboxylic acids is 3. The van der Waals surface area contributed by atoms with Crippen molar-refractivity contribution >= 4 is 46.0 Å². The maximum Gasteiger partial charge on any atom is 0.495 e. The molecule has 1 atom stereocenters. The van der Waals surface area contributed by atoms with Gasteiger partial charge in [-0.1, -0.05) is 0 Å². The van der Waals surface area contributed by atoms with Crippen LogP contribution in [0, 0.1) is 12.8 Å². The fourth-order valence-corrected chi connectivity index (χ4v) is 6.78. The third kappa shape index (κ3) is 6.30. The van der Waals surface area contributed by atoms with Gasteiger partial charge in [-0.3, -0.25) is 32.2 Å². The number of carbonyl (C=O) groups is 3. The fourth-order valence-electron chi connectivity index (χ4n) is 5.28. The van der Waals surface area contributed by atoms with E-state index in [9.17, 15) is 45.4 Å². The van der Waals surface area contributed by atoms with E-state index in [1.807, 2.05) is 0 Å². The van der Waals surface area contributed by atoms with Crippen LogP contribution in [0.25, 0.3) is 11.3 Å². The number of benzene rings is 1. The van der Waals surface area contributed by atoms with E-state index in [0.29, 0.717) is 5.56 Å². The summed E-state index contributed by atoms with van der Waals surface area (Å²) >= 11 is 0. The molecule has 1 saturated carbocycles. The average molecular weight is 665 g/mol. The second-order valence-electron chi connectivity index (χ2n) is 11.0. The highest BCUT2D eigenvalue weighted by Crippen LogP contribution is 2.63. The van der Waals surface area contributed by atoms with Crippen LogP contribution in [0.5, 0.6) is 0 Å². The zero-order valence-corrected chi connectivity index (χ0v) is 25.2. The second-order valence-corrected chi connectivity index (χ2v) is 12.9. The van der Waals surface area contributed by atoms with Gasteiger partial charge in [0.15, 0.2) is 12.3 Å². The predicted octanol–water partition coefficient (Wildman–Crippen LogP) is 3.17. The summed E-state index contributed by atoms with van der Waals surface area (Å²) in [6.07, 6.45) is -5.73. The smallest absolute Gasteiger partial charge is 0.456 e. The first-order valence-corrected chi connectivity index (χ1v) is 15.2. The molecule has 1 aromatic carbocycles. The summed E-state index contributed by atoms with van der Waals surface area (Å²) in [7, 11) is -2.36. The lowest BCUT2D eigenvalue weighted by atomic mass is 10.0. The Kier molecular flexibility index (Phi) is 8.28. The summed E-state index contributed by atoms with van der Waals surface area (Å²) in [6, 6.07) is 7.42. The van der Waals surface area contributed by atoms with Crippen LogP contribution in [0.1, 0.15) is 18.9 Å². The predicted molar refractivity (Wildman–Crippen MR) is 152 cm³/mol. The highest BCUT2D eigenvalue weighted by atomic mass is 32.3. The number of pyridine rings is 1. The second kappa shape index (κ2) is 11.5. The van der Waals surface area contributed by atoms with Crippen LogP contribution in [0.15, 0.2) is 30.3 Å². The minimum absolute atomic E-state index is 0.0401. The largest absolute Gasteiger partial charge is 0.495 e. The monoisotopic (exact) mass is 664 g/mol. The maximum absolute atomic E-state index is 13.7. The van der Waals surface area contributed by atoms with Gasteiger partial charge in [-0.25, -0.2) is 18.4 Å². The van der Waals surface area contributed by atoms with Gasteiger partial charge in [-0.05, 0) is 46.9 Å². The first-order chi connectivity index (χ1) is 20.9. The quantitative estimate of drug-likeness (QED) is 0.259. The molecule has 2 aromatic rings. The zero-order chi connectivity index (χ0) is 33.1. The van der Waals surface area contributed by atoms with Gasteiger partial charge in [0.1, 0.15) is 13.1 Å². The standard InChI is InChI=1S/C27H30F5N5O7S/c1-16-4-7-22(34-8-10-35(11-9-34)23(39)15-43-17(2)38)37(44-25(40)27(30,31)32)24(16)18-5-6-20-21(12-18)33(3)45(41,42)36(20)14-19-13-26(19,28)29/h4-7,12,19H,8-11,13-15H2,1-3H3,(H-,41,42)/p+1. The number of ether oxygens (including phenoxy) is 1. The van der Waals surface area contributed by atoms with Crippen LogP contribution in [-0.4, -0.2) is 90.3 Å². The van der Waals surface area contributed by atoms with Gasteiger partial charge >= 0.3 is 23.9 Å². The number of nitrogens with zero attached hydrogens (tertiary/aromatic N) is 5. The Morgan fingerprint density at radius 2 is 1.71 bits per heavy atom. The number of amides is 1. The maximum atomic E-state index is 13.7. The van der Waals surface area contributed by atoms with Crippen molar-refractivity contribution in [2.75, 3.05) is 59.9 Å². The fraction of sp³-hybridized carbons (Fsp3) is 0.481. The van der Waals surface area contributed by atoms with Gasteiger partial charge < -0.3 is 9.64 Å². The molecule has 45 heavy (non-hydrogen) atoms. The molecule has 0 spiro atoms. The van der Waals surface area contributed by atoms with Crippen molar-refractivity contribution in [2.45, 2.75) is 32.4 Å². The van der Waals surface area contributed by atoms with Crippen LogP contribution in [0.2, 0.25) is 0 Å². The number of alkyl halides is 5. The summed E-state index contributed by atoms with van der Waals surface area (Å²) < 4.78 is 97.2. The Labute approximate surface area is 256 Å². The Hall–Kier alpha value is -3.90. The molecule has 0 radical (unpaired) electrons. The Morgan fingerprint density at radius 1 is 1.07 bits per heavy atom. The Morgan fingerprint density at radius 3 is 2.29 bits per heavy atom. The van der Waals surface area contributed by atoms with Crippen LogP contribution in [0.3, 0.4) is 0 Å². The van der Waals surface area contributed by atoms with Crippen molar-refractivity contribution in [3.05, 3.63) is 35.9 Å². The molecule has 1 saturated heterocycles. The molecule has 3 aliphatic rings. The molecule has 1 amide bonds. The van der Waals surface area contributed by atoms with Crippen molar-refractivity contribution in [2.24, 2.45) is 5.92 Å². The van der Waals surface area contributed by atoms with E-state index in [1.165, 1.54) is 36.2 Å². The topological polar surface area (TPSA) is 127 Å². The normalized spacial score (nSPS) is 20.9. The molecule has 3 heterocycles. The average Bonchev–Trinajstić information content (AvgIpc) is 3.53. The van der Waals surface area contributed by atoms with Crippen LogP contribution < -0.4 is 23.1 Å².